The number of hydrogen-bond acceptors (Lipinski definition) is 3. The van der Waals surface area contributed by atoms with Gasteiger partial charge in [0.1, 0.15) is 0 Å². The summed E-state index contributed by atoms with van der Waals surface area (Å²) >= 11 is 0. The number of rotatable bonds is 10. The Morgan fingerprint density at radius 2 is 1.14 bits per heavy atom. The van der Waals surface area contributed by atoms with Crippen molar-refractivity contribution in [3.05, 3.63) is 225 Å². The van der Waals surface area contributed by atoms with Crippen molar-refractivity contribution in [1.29, 1.82) is 0 Å². The first-order valence-electron chi connectivity index (χ1n) is 20.4. The second-order valence-electron chi connectivity index (χ2n) is 15.8. The summed E-state index contributed by atoms with van der Waals surface area (Å²) in [4.78, 5) is 7.47. The standard InChI is InChI=1S/C56H50N2O/c1-37-14-21-44(22-15-37)40(4)33-47-28-31-56(51-12-8-7-11-50(47)51)58(55-30-20-43(36-59)32-41(55)5)49-29-27-48(53(35-49)54-13-9-10-42(6)57-54)34-52(45-23-16-38(2)17-24-45)46-25-18-39(3)19-26-46/h7-35,59H,36H2,1-6H3/b40-33-. The predicted octanol–water partition coefficient (Wildman–Crippen LogP) is 14.6. The van der Waals surface area contributed by atoms with Gasteiger partial charge >= 0.3 is 0 Å². The number of anilines is 3. The van der Waals surface area contributed by atoms with Crippen LogP contribution in [0, 0.1) is 34.6 Å². The summed E-state index contributed by atoms with van der Waals surface area (Å²) in [6, 6.07) is 58.8. The van der Waals surface area contributed by atoms with Crippen LogP contribution < -0.4 is 4.90 Å². The highest BCUT2D eigenvalue weighted by Crippen LogP contribution is 2.44. The smallest absolute Gasteiger partial charge is 0.0711 e. The zero-order valence-corrected chi connectivity index (χ0v) is 34.8. The molecule has 8 rings (SSSR count). The van der Waals surface area contributed by atoms with Gasteiger partial charge in [0.15, 0.2) is 0 Å². The number of aliphatic hydroxyl groups excluding tert-OH is 1. The number of nitrogens with zero attached hydrogens (tertiary/aromatic N) is 2. The summed E-state index contributed by atoms with van der Waals surface area (Å²) in [6.07, 6.45) is 4.61. The van der Waals surface area contributed by atoms with Crippen molar-refractivity contribution in [3.8, 4) is 11.3 Å². The van der Waals surface area contributed by atoms with Crippen molar-refractivity contribution in [2.75, 3.05) is 4.90 Å². The molecule has 0 bridgehead atoms. The summed E-state index contributed by atoms with van der Waals surface area (Å²) < 4.78 is 0. The molecule has 0 spiro atoms. The summed E-state index contributed by atoms with van der Waals surface area (Å²) in [6.45, 7) is 12.7. The second kappa shape index (κ2) is 17.0. The van der Waals surface area contributed by atoms with Crippen LogP contribution in [0.25, 0.3) is 45.3 Å². The number of benzene rings is 7. The van der Waals surface area contributed by atoms with Gasteiger partial charge in [0.25, 0.3) is 0 Å². The molecule has 3 heteroatoms. The van der Waals surface area contributed by atoms with E-state index < -0.39 is 0 Å². The van der Waals surface area contributed by atoms with Crippen molar-refractivity contribution >= 4 is 51.1 Å². The van der Waals surface area contributed by atoms with Crippen LogP contribution in [0.4, 0.5) is 17.1 Å². The lowest BCUT2D eigenvalue weighted by atomic mass is 9.92. The SMILES string of the molecule is C/C(=C/c1ccc(N(c2ccc(C=C(c3ccc(C)cc3)c3ccc(C)cc3)c(-c3cccc(C)n3)c2)c2ccc(CO)cc2C)c2ccccc12)c1ccc(C)cc1. The minimum absolute atomic E-state index is 0.0140. The van der Waals surface area contributed by atoms with E-state index in [9.17, 15) is 5.11 Å². The number of aromatic nitrogens is 1. The fourth-order valence-corrected chi connectivity index (χ4v) is 7.91. The van der Waals surface area contributed by atoms with E-state index in [2.05, 4.69) is 203 Å². The molecule has 0 saturated heterocycles. The maximum Gasteiger partial charge on any atom is 0.0711 e. The topological polar surface area (TPSA) is 36.4 Å². The highest BCUT2D eigenvalue weighted by atomic mass is 16.3. The van der Waals surface area contributed by atoms with Crippen LogP contribution in [0.15, 0.2) is 164 Å². The molecule has 0 saturated carbocycles. The van der Waals surface area contributed by atoms with Crippen molar-refractivity contribution in [3.63, 3.8) is 0 Å². The Balaban J connectivity index is 1.36. The fraction of sp³-hybridized carbons (Fsp3) is 0.125. The molecule has 7 aromatic carbocycles. The minimum Gasteiger partial charge on any atom is -0.392 e. The summed E-state index contributed by atoms with van der Waals surface area (Å²) in [7, 11) is 0. The Morgan fingerprint density at radius 1 is 0.542 bits per heavy atom. The first kappa shape index (κ1) is 39.0. The molecule has 0 unspecified atom stereocenters. The molecule has 0 radical (unpaired) electrons. The van der Waals surface area contributed by atoms with Crippen molar-refractivity contribution in [1.82, 2.24) is 4.98 Å². The maximum absolute atomic E-state index is 10.1. The molecule has 59 heavy (non-hydrogen) atoms. The molecule has 0 aliphatic rings. The molecule has 0 aliphatic heterocycles. The second-order valence-corrected chi connectivity index (χ2v) is 15.8. The lowest BCUT2D eigenvalue weighted by Gasteiger charge is -2.29. The van der Waals surface area contributed by atoms with E-state index in [0.717, 1.165) is 72.8 Å². The van der Waals surface area contributed by atoms with Crippen molar-refractivity contribution in [2.45, 2.75) is 48.1 Å². The van der Waals surface area contributed by atoms with Gasteiger partial charge in [-0.15, -0.1) is 0 Å². The van der Waals surface area contributed by atoms with Crippen LogP contribution in [0.1, 0.15) is 68.3 Å². The van der Waals surface area contributed by atoms with E-state index in [0.29, 0.717) is 0 Å². The molecule has 290 valence electrons. The monoisotopic (exact) mass is 766 g/mol. The van der Waals surface area contributed by atoms with Crippen LogP contribution in [-0.2, 0) is 6.61 Å². The molecule has 1 heterocycles. The largest absolute Gasteiger partial charge is 0.392 e. The summed E-state index contributed by atoms with van der Waals surface area (Å²) in [5.74, 6) is 0. The van der Waals surface area contributed by atoms with Gasteiger partial charge in [-0.05, 0) is 139 Å². The molecular formula is C56H50N2O. The predicted molar refractivity (Wildman–Crippen MR) is 251 cm³/mol. The van der Waals surface area contributed by atoms with E-state index in [1.54, 1.807) is 0 Å². The van der Waals surface area contributed by atoms with Gasteiger partial charge in [-0.3, -0.25) is 4.98 Å². The summed E-state index contributed by atoms with van der Waals surface area (Å²) in [5, 5.41) is 12.4. The van der Waals surface area contributed by atoms with Crippen molar-refractivity contribution in [2.24, 2.45) is 0 Å². The Bertz CT molecular complexity index is 2800. The highest BCUT2D eigenvalue weighted by Gasteiger charge is 2.21. The van der Waals surface area contributed by atoms with Crippen LogP contribution in [0.3, 0.4) is 0 Å². The van der Waals surface area contributed by atoms with Gasteiger partial charge in [0.05, 0.1) is 18.0 Å². The molecule has 0 amide bonds. The molecule has 0 fully saturated rings. The van der Waals surface area contributed by atoms with Gasteiger partial charge in [-0.1, -0.05) is 150 Å². The number of pyridine rings is 1. The van der Waals surface area contributed by atoms with Crippen molar-refractivity contribution < 1.29 is 5.11 Å². The van der Waals surface area contributed by atoms with E-state index in [1.807, 2.05) is 19.1 Å². The van der Waals surface area contributed by atoms with Gasteiger partial charge in [0.2, 0.25) is 0 Å². The number of fused-ring (bicyclic) bond motifs is 1. The molecule has 1 aromatic heterocycles. The van der Waals surface area contributed by atoms with Gasteiger partial charge in [-0.25, -0.2) is 0 Å². The van der Waals surface area contributed by atoms with Gasteiger partial charge in [-0.2, -0.15) is 0 Å². The zero-order valence-electron chi connectivity index (χ0n) is 34.8. The molecule has 0 aliphatic carbocycles. The third-order valence-corrected chi connectivity index (χ3v) is 11.2. The third-order valence-electron chi connectivity index (χ3n) is 11.2. The lowest BCUT2D eigenvalue weighted by Crippen LogP contribution is -2.13. The Kier molecular flexibility index (Phi) is 11.2. The zero-order chi connectivity index (χ0) is 41.0. The van der Waals surface area contributed by atoms with E-state index in [1.165, 1.54) is 38.8 Å². The van der Waals surface area contributed by atoms with Crippen LogP contribution in [0.2, 0.25) is 0 Å². The number of aliphatic hydroxyl groups is 1. The van der Waals surface area contributed by atoms with E-state index in [-0.39, 0.29) is 6.61 Å². The normalized spacial score (nSPS) is 11.5. The van der Waals surface area contributed by atoms with Gasteiger partial charge in [0, 0.05) is 28.0 Å². The first-order valence-corrected chi connectivity index (χ1v) is 20.4. The Hall–Kier alpha value is -6.81. The molecule has 3 nitrogen and oxygen atoms in total. The van der Waals surface area contributed by atoms with E-state index >= 15 is 0 Å². The number of hydrogen-bond donors (Lipinski definition) is 1. The van der Waals surface area contributed by atoms with Crippen LogP contribution in [-0.4, -0.2) is 10.1 Å². The quantitative estimate of drug-likeness (QED) is 0.141. The van der Waals surface area contributed by atoms with Gasteiger partial charge < -0.3 is 10.0 Å². The minimum atomic E-state index is -0.0140. The average molecular weight is 767 g/mol. The molecule has 0 atom stereocenters. The number of aryl methyl sites for hydroxylation is 5. The van der Waals surface area contributed by atoms with Crippen LogP contribution >= 0.6 is 0 Å². The summed E-state index contributed by atoms with van der Waals surface area (Å²) in [5.41, 5.74) is 19.8. The third kappa shape index (κ3) is 8.43. The Morgan fingerprint density at radius 3 is 1.75 bits per heavy atom. The fourth-order valence-electron chi connectivity index (χ4n) is 7.91. The number of allylic oxidation sites excluding steroid dienone is 1. The highest BCUT2D eigenvalue weighted by molar-refractivity contribution is 6.05. The Labute approximate surface area is 349 Å². The molecule has 8 aromatic rings. The van der Waals surface area contributed by atoms with Crippen LogP contribution in [0.5, 0.6) is 0 Å². The van der Waals surface area contributed by atoms with E-state index in [4.69, 9.17) is 4.98 Å². The maximum atomic E-state index is 10.1. The average Bonchev–Trinajstić information content (AvgIpc) is 3.25. The lowest BCUT2D eigenvalue weighted by molar-refractivity contribution is 0.282. The first-order chi connectivity index (χ1) is 28.6. The molecule has 1 N–H and O–H groups in total. The molecular weight excluding hydrogens is 717 g/mol.